The minimum atomic E-state index is -0.601. The van der Waals surface area contributed by atoms with E-state index in [0.29, 0.717) is 23.3 Å². The van der Waals surface area contributed by atoms with Crippen LogP contribution in [0.25, 0.3) is 16.7 Å². The summed E-state index contributed by atoms with van der Waals surface area (Å²) in [6, 6.07) is 2.20. The molecule has 26 heavy (non-hydrogen) atoms. The van der Waals surface area contributed by atoms with Crippen LogP contribution in [0.1, 0.15) is 31.4 Å². The number of nitrogens with zero attached hydrogens (tertiary/aromatic N) is 2. The third kappa shape index (κ3) is 2.79. The molecular formula is C18H20ClN3O4. The zero-order valence-corrected chi connectivity index (χ0v) is 14.9. The summed E-state index contributed by atoms with van der Waals surface area (Å²) in [6.45, 7) is 0.626. The van der Waals surface area contributed by atoms with Gasteiger partial charge in [0.05, 0.1) is 29.4 Å². The second kappa shape index (κ2) is 6.49. The molecule has 0 saturated carbocycles. The quantitative estimate of drug-likeness (QED) is 0.854. The number of pyridine rings is 1. The van der Waals surface area contributed by atoms with Gasteiger partial charge in [-0.05, 0) is 37.3 Å². The van der Waals surface area contributed by atoms with Crippen LogP contribution < -0.4 is 4.74 Å². The van der Waals surface area contributed by atoms with E-state index < -0.39 is 6.10 Å². The van der Waals surface area contributed by atoms with Gasteiger partial charge in [0.1, 0.15) is 18.3 Å². The molecule has 138 valence electrons. The normalized spacial score (nSPS) is 31.2. The molecule has 0 spiro atoms. The fourth-order valence-electron chi connectivity index (χ4n) is 3.92. The number of aromatic amines is 1. The van der Waals surface area contributed by atoms with Crippen molar-refractivity contribution in [2.45, 2.75) is 50.1 Å². The lowest BCUT2D eigenvalue weighted by atomic mass is 9.97. The standard InChI is InChI=1S/C18H20ClN3O4/c19-10-6-11-17(21-14(10)9-4-2-1-3-5-9)22-18(20-11)26-13-8-25-15-12(23)7-24-16(13)15/h4,6,12-13,15-16,23H,1-3,5,7-8H2,(H,20,21,22). The number of aliphatic hydroxyl groups is 1. The molecule has 2 saturated heterocycles. The number of ether oxygens (including phenoxy) is 3. The van der Waals surface area contributed by atoms with Gasteiger partial charge in [-0.3, -0.25) is 0 Å². The number of hydrogen-bond acceptors (Lipinski definition) is 6. The fourth-order valence-corrected chi connectivity index (χ4v) is 4.19. The Morgan fingerprint density at radius 3 is 2.92 bits per heavy atom. The van der Waals surface area contributed by atoms with Crippen LogP contribution in [0.3, 0.4) is 0 Å². The van der Waals surface area contributed by atoms with Crippen molar-refractivity contribution in [3.63, 3.8) is 0 Å². The van der Waals surface area contributed by atoms with Gasteiger partial charge in [0, 0.05) is 0 Å². The first kappa shape index (κ1) is 16.5. The van der Waals surface area contributed by atoms with E-state index in [1.54, 1.807) is 0 Å². The Bertz CT molecular complexity index is 867. The number of halogens is 1. The van der Waals surface area contributed by atoms with Crippen LogP contribution >= 0.6 is 11.6 Å². The molecule has 2 N–H and O–H groups in total. The van der Waals surface area contributed by atoms with E-state index in [4.69, 9.17) is 25.8 Å². The topological polar surface area (TPSA) is 89.5 Å². The zero-order chi connectivity index (χ0) is 17.7. The number of rotatable bonds is 3. The Morgan fingerprint density at radius 1 is 1.19 bits per heavy atom. The minimum Gasteiger partial charge on any atom is -0.456 e. The van der Waals surface area contributed by atoms with E-state index in [2.05, 4.69) is 21.0 Å². The predicted molar refractivity (Wildman–Crippen MR) is 95.2 cm³/mol. The number of aromatic nitrogens is 3. The maximum absolute atomic E-state index is 9.82. The van der Waals surface area contributed by atoms with Gasteiger partial charge in [-0.25, -0.2) is 4.98 Å². The Hall–Kier alpha value is -1.67. The van der Waals surface area contributed by atoms with E-state index in [9.17, 15) is 5.11 Å². The molecule has 4 unspecified atom stereocenters. The Labute approximate surface area is 155 Å². The smallest absolute Gasteiger partial charge is 0.296 e. The molecule has 2 aromatic rings. The van der Waals surface area contributed by atoms with Crippen molar-refractivity contribution in [1.29, 1.82) is 0 Å². The third-order valence-electron chi connectivity index (χ3n) is 5.24. The number of allylic oxidation sites excluding steroid dienone is 2. The van der Waals surface area contributed by atoms with Crippen molar-refractivity contribution in [2.24, 2.45) is 0 Å². The van der Waals surface area contributed by atoms with Crippen molar-refractivity contribution in [1.82, 2.24) is 15.0 Å². The van der Waals surface area contributed by atoms with Gasteiger partial charge < -0.3 is 24.3 Å². The lowest BCUT2D eigenvalue weighted by Crippen LogP contribution is -2.34. The van der Waals surface area contributed by atoms with Gasteiger partial charge in [-0.15, -0.1) is 0 Å². The summed E-state index contributed by atoms with van der Waals surface area (Å²) in [7, 11) is 0. The molecule has 2 fully saturated rings. The first-order valence-corrected chi connectivity index (χ1v) is 9.40. The number of hydrogen-bond donors (Lipinski definition) is 2. The molecule has 0 radical (unpaired) electrons. The highest BCUT2D eigenvalue weighted by molar-refractivity contribution is 6.32. The van der Waals surface area contributed by atoms with Gasteiger partial charge in [-0.1, -0.05) is 17.7 Å². The first-order chi connectivity index (χ1) is 12.7. The second-order valence-corrected chi connectivity index (χ2v) is 7.43. The van der Waals surface area contributed by atoms with Crippen molar-refractivity contribution in [3.05, 3.63) is 22.9 Å². The van der Waals surface area contributed by atoms with E-state index in [0.717, 1.165) is 30.5 Å². The molecule has 0 aromatic carbocycles. The van der Waals surface area contributed by atoms with Gasteiger partial charge in [0.15, 0.2) is 11.8 Å². The molecule has 7 nitrogen and oxygen atoms in total. The predicted octanol–water partition coefficient (Wildman–Crippen LogP) is 2.47. The minimum absolute atomic E-state index is 0.269. The molecule has 2 aliphatic heterocycles. The number of fused-ring (bicyclic) bond motifs is 2. The van der Waals surface area contributed by atoms with Crippen molar-refractivity contribution < 1.29 is 19.3 Å². The average Bonchev–Trinajstić information content (AvgIpc) is 3.32. The van der Waals surface area contributed by atoms with Crippen LogP contribution in [0.2, 0.25) is 5.02 Å². The highest BCUT2D eigenvalue weighted by Crippen LogP contribution is 2.33. The Balaban J connectivity index is 1.41. The summed E-state index contributed by atoms with van der Waals surface area (Å²) < 4.78 is 17.1. The van der Waals surface area contributed by atoms with Crippen molar-refractivity contribution in [2.75, 3.05) is 13.2 Å². The molecule has 0 amide bonds. The number of aliphatic hydroxyl groups excluding tert-OH is 1. The van der Waals surface area contributed by atoms with Crippen LogP contribution in [0.5, 0.6) is 6.01 Å². The van der Waals surface area contributed by atoms with Gasteiger partial charge in [0.25, 0.3) is 6.01 Å². The molecule has 0 bridgehead atoms. The molecule has 5 rings (SSSR count). The largest absolute Gasteiger partial charge is 0.456 e. The first-order valence-electron chi connectivity index (χ1n) is 9.02. The van der Waals surface area contributed by atoms with Crippen molar-refractivity contribution >= 4 is 28.3 Å². The summed E-state index contributed by atoms with van der Waals surface area (Å²) in [6.07, 6.45) is 5.12. The highest BCUT2D eigenvalue weighted by atomic mass is 35.5. The molecule has 3 aliphatic rings. The third-order valence-corrected chi connectivity index (χ3v) is 5.53. The molecule has 1 aliphatic carbocycles. The summed E-state index contributed by atoms with van der Waals surface area (Å²) in [5, 5.41) is 10.4. The highest BCUT2D eigenvalue weighted by Gasteiger charge is 2.48. The Morgan fingerprint density at radius 2 is 2.08 bits per heavy atom. The molecular weight excluding hydrogens is 358 g/mol. The zero-order valence-electron chi connectivity index (χ0n) is 14.2. The lowest BCUT2D eigenvalue weighted by Gasteiger charge is -2.15. The monoisotopic (exact) mass is 377 g/mol. The van der Waals surface area contributed by atoms with Crippen LogP contribution in [0.15, 0.2) is 12.1 Å². The maximum Gasteiger partial charge on any atom is 0.296 e. The lowest BCUT2D eigenvalue weighted by molar-refractivity contribution is 0.00706. The fraction of sp³-hybridized carbons (Fsp3) is 0.556. The van der Waals surface area contributed by atoms with E-state index in [1.807, 2.05) is 6.07 Å². The summed E-state index contributed by atoms with van der Waals surface area (Å²) >= 11 is 6.45. The van der Waals surface area contributed by atoms with Gasteiger partial charge >= 0.3 is 0 Å². The van der Waals surface area contributed by atoms with E-state index in [1.165, 1.54) is 12.0 Å². The van der Waals surface area contributed by atoms with Crippen LogP contribution in [0, 0.1) is 0 Å². The summed E-state index contributed by atoms with van der Waals surface area (Å²) in [5.41, 5.74) is 3.30. The molecule has 8 heteroatoms. The maximum atomic E-state index is 9.82. The van der Waals surface area contributed by atoms with Gasteiger partial charge in [-0.2, -0.15) is 4.98 Å². The average molecular weight is 378 g/mol. The van der Waals surface area contributed by atoms with E-state index >= 15 is 0 Å². The van der Waals surface area contributed by atoms with Crippen molar-refractivity contribution in [3.8, 4) is 6.01 Å². The Kier molecular flexibility index (Phi) is 4.12. The summed E-state index contributed by atoms with van der Waals surface area (Å²) in [5.74, 6) is 0. The van der Waals surface area contributed by atoms with E-state index in [-0.39, 0.29) is 24.9 Å². The second-order valence-electron chi connectivity index (χ2n) is 7.03. The van der Waals surface area contributed by atoms with Crippen LogP contribution in [0.4, 0.5) is 0 Å². The summed E-state index contributed by atoms with van der Waals surface area (Å²) in [4.78, 5) is 12.2. The number of H-pyrrole nitrogens is 1. The number of nitrogens with one attached hydrogen (secondary N) is 1. The molecule has 4 atom stereocenters. The van der Waals surface area contributed by atoms with Crippen LogP contribution in [-0.4, -0.2) is 57.7 Å². The SMILES string of the molecule is OC1COC2C(Oc3nc4nc(C5=CCCCC5)c(Cl)cc4[nH]3)COC12. The number of imidazole rings is 1. The molecule has 2 aromatic heterocycles. The van der Waals surface area contributed by atoms with Crippen LogP contribution in [-0.2, 0) is 9.47 Å². The van der Waals surface area contributed by atoms with Gasteiger partial charge in [0.2, 0.25) is 0 Å². The molecule has 4 heterocycles.